The zero-order valence-electron chi connectivity index (χ0n) is 14.8. The molecule has 1 aromatic rings. The van der Waals surface area contributed by atoms with Crippen LogP contribution in [0, 0.1) is 15.5 Å². The van der Waals surface area contributed by atoms with E-state index in [0.717, 1.165) is 0 Å². The van der Waals surface area contributed by atoms with Crippen molar-refractivity contribution >= 4 is 17.7 Å². The van der Waals surface area contributed by atoms with E-state index in [1.165, 1.54) is 18.1 Å². The number of benzene rings is 1. The Kier molecular flexibility index (Phi) is 5.01. The first-order valence-electron chi connectivity index (χ1n) is 7.87. The van der Waals surface area contributed by atoms with Gasteiger partial charge in [-0.05, 0) is 27.2 Å². The number of ether oxygens (including phenoxy) is 2. The number of likely N-dealkylation sites (tertiary alicyclic amines) is 1. The normalized spacial score (nSPS) is 15.9. The van der Waals surface area contributed by atoms with Gasteiger partial charge in [-0.2, -0.15) is 0 Å². The SMILES string of the molecule is COC(=O)C1(Cc2ccccc2[N+](=O)[O-])CN(C(=O)OC(C)(C)C)C1. The predicted octanol–water partition coefficient (Wildman–Crippen LogP) is 2.55. The van der Waals surface area contributed by atoms with Crippen LogP contribution in [-0.4, -0.2) is 47.7 Å². The second-order valence-electron chi connectivity index (χ2n) is 7.17. The highest BCUT2D eigenvalue weighted by Gasteiger charge is 2.53. The zero-order valence-corrected chi connectivity index (χ0v) is 14.8. The van der Waals surface area contributed by atoms with Crippen molar-refractivity contribution in [3.63, 3.8) is 0 Å². The molecule has 0 radical (unpaired) electrons. The smallest absolute Gasteiger partial charge is 0.410 e. The largest absolute Gasteiger partial charge is 0.468 e. The van der Waals surface area contributed by atoms with E-state index in [1.54, 1.807) is 39.0 Å². The molecular weight excluding hydrogens is 328 g/mol. The summed E-state index contributed by atoms with van der Waals surface area (Å²) in [5.74, 6) is -0.495. The van der Waals surface area contributed by atoms with Gasteiger partial charge in [-0.15, -0.1) is 0 Å². The van der Waals surface area contributed by atoms with E-state index in [0.29, 0.717) is 5.56 Å². The Hall–Kier alpha value is -2.64. The van der Waals surface area contributed by atoms with Gasteiger partial charge in [0.2, 0.25) is 0 Å². The number of nitrogens with zero attached hydrogens (tertiary/aromatic N) is 2. The Morgan fingerprint density at radius 3 is 2.40 bits per heavy atom. The summed E-state index contributed by atoms with van der Waals surface area (Å²) in [6, 6.07) is 6.25. The van der Waals surface area contributed by atoms with Crippen molar-refractivity contribution in [3.8, 4) is 0 Å². The summed E-state index contributed by atoms with van der Waals surface area (Å²) in [4.78, 5) is 36.5. The van der Waals surface area contributed by atoms with Crippen LogP contribution >= 0.6 is 0 Å². The number of methoxy groups -OCH3 is 1. The van der Waals surface area contributed by atoms with E-state index >= 15 is 0 Å². The number of nitro benzene ring substituents is 1. The maximum atomic E-state index is 12.3. The first kappa shape index (κ1) is 18.7. The van der Waals surface area contributed by atoms with Crippen molar-refractivity contribution in [2.45, 2.75) is 32.8 Å². The van der Waals surface area contributed by atoms with Gasteiger partial charge in [-0.3, -0.25) is 14.9 Å². The Bertz CT molecular complexity index is 689. The molecule has 25 heavy (non-hydrogen) atoms. The van der Waals surface area contributed by atoms with Crippen LogP contribution in [0.2, 0.25) is 0 Å². The molecule has 1 saturated heterocycles. The first-order valence-corrected chi connectivity index (χ1v) is 7.87. The molecule has 1 fully saturated rings. The van der Waals surface area contributed by atoms with Gasteiger partial charge in [-0.25, -0.2) is 4.79 Å². The van der Waals surface area contributed by atoms with Crippen LogP contribution in [0.4, 0.5) is 10.5 Å². The molecule has 136 valence electrons. The van der Waals surface area contributed by atoms with Gasteiger partial charge in [0.1, 0.15) is 11.0 Å². The first-order chi connectivity index (χ1) is 11.6. The Balaban J connectivity index is 2.19. The fraction of sp³-hybridized carbons (Fsp3) is 0.529. The van der Waals surface area contributed by atoms with E-state index in [4.69, 9.17) is 9.47 Å². The van der Waals surface area contributed by atoms with E-state index in [9.17, 15) is 19.7 Å². The van der Waals surface area contributed by atoms with Crippen LogP contribution in [0.15, 0.2) is 24.3 Å². The molecule has 1 heterocycles. The number of rotatable bonds is 4. The molecule has 0 aliphatic carbocycles. The molecule has 2 rings (SSSR count). The molecule has 1 amide bonds. The number of esters is 1. The number of carbonyl (C=O) groups is 2. The lowest BCUT2D eigenvalue weighted by atomic mass is 9.74. The molecule has 1 aliphatic rings. The molecule has 1 aliphatic heterocycles. The fourth-order valence-corrected chi connectivity index (χ4v) is 2.87. The van der Waals surface area contributed by atoms with E-state index < -0.39 is 28.0 Å². The standard InChI is InChI=1S/C17H22N2O6/c1-16(2,3)25-15(21)18-10-17(11-18,14(20)24-4)9-12-7-5-6-8-13(12)19(22)23/h5-8H,9-11H2,1-4H3. The van der Waals surface area contributed by atoms with Gasteiger partial charge >= 0.3 is 12.1 Å². The molecule has 0 spiro atoms. The number of nitro groups is 1. The minimum absolute atomic E-state index is 0.0542. The lowest BCUT2D eigenvalue weighted by Crippen LogP contribution is -2.64. The van der Waals surface area contributed by atoms with Crippen LogP contribution in [0.1, 0.15) is 26.3 Å². The number of hydrogen-bond acceptors (Lipinski definition) is 6. The van der Waals surface area contributed by atoms with Gasteiger partial charge in [-0.1, -0.05) is 18.2 Å². The second-order valence-corrected chi connectivity index (χ2v) is 7.17. The lowest BCUT2D eigenvalue weighted by molar-refractivity contribution is -0.385. The topological polar surface area (TPSA) is 99.0 Å². The molecule has 0 bridgehead atoms. The monoisotopic (exact) mass is 350 g/mol. The van der Waals surface area contributed by atoms with Gasteiger partial charge in [0.15, 0.2) is 0 Å². The highest BCUT2D eigenvalue weighted by Crippen LogP contribution is 2.38. The summed E-state index contributed by atoms with van der Waals surface area (Å²) in [5.41, 5.74) is -1.26. The second kappa shape index (κ2) is 6.70. The molecule has 0 atom stereocenters. The van der Waals surface area contributed by atoms with Crippen LogP contribution in [0.25, 0.3) is 0 Å². The van der Waals surface area contributed by atoms with E-state index in [1.807, 2.05) is 0 Å². The quantitative estimate of drug-likeness (QED) is 0.470. The molecule has 0 unspecified atom stereocenters. The highest BCUT2D eigenvalue weighted by molar-refractivity contribution is 5.82. The van der Waals surface area contributed by atoms with Crippen molar-refractivity contribution in [2.24, 2.45) is 5.41 Å². The summed E-state index contributed by atoms with van der Waals surface area (Å²) in [5, 5.41) is 11.2. The third-order valence-corrected chi connectivity index (χ3v) is 3.97. The predicted molar refractivity (Wildman–Crippen MR) is 89.1 cm³/mol. The van der Waals surface area contributed by atoms with Crippen LogP contribution in [0.3, 0.4) is 0 Å². The maximum Gasteiger partial charge on any atom is 0.410 e. The maximum absolute atomic E-state index is 12.3. The van der Waals surface area contributed by atoms with Gasteiger partial charge < -0.3 is 14.4 Å². The summed E-state index contributed by atoms with van der Waals surface area (Å²) in [6.45, 7) is 5.46. The van der Waals surface area contributed by atoms with E-state index in [2.05, 4.69) is 0 Å². The third kappa shape index (κ3) is 4.07. The molecule has 8 nitrogen and oxygen atoms in total. The minimum Gasteiger partial charge on any atom is -0.468 e. The van der Waals surface area contributed by atoms with E-state index in [-0.39, 0.29) is 25.2 Å². The number of hydrogen-bond donors (Lipinski definition) is 0. The average Bonchev–Trinajstić information content (AvgIpc) is 2.48. The molecule has 0 saturated carbocycles. The Labute approximate surface area is 145 Å². The molecule has 0 N–H and O–H groups in total. The van der Waals surface area contributed by atoms with Crippen molar-refractivity contribution in [1.29, 1.82) is 0 Å². The van der Waals surface area contributed by atoms with Gasteiger partial charge in [0.05, 0.1) is 12.0 Å². The van der Waals surface area contributed by atoms with Crippen molar-refractivity contribution in [3.05, 3.63) is 39.9 Å². The minimum atomic E-state index is -1.00. The zero-order chi connectivity index (χ0) is 18.8. The number of carbonyl (C=O) groups excluding carboxylic acids is 2. The van der Waals surface area contributed by atoms with Crippen LogP contribution in [0.5, 0.6) is 0 Å². The summed E-state index contributed by atoms with van der Waals surface area (Å²) < 4.78 is 10.2. The van der Waals surface area contributed by atoms with Crippen LogP contribution in [-0.2, 0) is 20.7 Å². The summed E-state index contributed by atoms with van der Waals surface area (Å²) >= 11 is 0. The Morgan fingerprint density at radius 1 is 1.28 bits per heavy atom. The number of amides is 1. The van der Waals surface area contributed by atoms with Crippen molar-refractivity contribution < 1.29 is 24.0 Å². The number of para-hydroxylation sites is 1. The third-order valence-electron chi connectivity index (χ3n) is 3.97. The average molecular weight is 350 g/mol. The lowest BCUT2D eigenvalue weighted by Gasteiger charge is -2.47. The molecular formula is C17H22N2O6. The van der Waals surface area contributed by atoms with Gasteiger partial charge in [0, 0.05) is 24.7 Å². The summed E-state index contributed by atoms with van der Waals surface area (Å²) in [6.07, 6.45) is -0.398. The van der Waals surface area contributed by atoms with Crippen LogP contribution < -0.4 is 0 Å². The van der Waals surface area contributed by atoms with Crippen molar-refractivity contribution in [1.82, 2.24) is 4.90 Å². The highest BCUT2D eigenvalue weighted by atomic mass is 16.6. The summed E-state index contributed by atoms with van der Waals surface area (Å²) in [7, 11) is 1.26. The molecule has 8 heteroatoms. The van der Waals surface area contributed by atoms with Gasteiger partial charge in [0.25, 0.3) is 5.69 Å². The molecule has 0 aromatic heterocycles. The fourth-order valence-electron chi connectivity index (χ4n) is 2.87. The Morgan fingerprint density at radius 2 is 1.88 bits per heavy atom. The molecule has 1 aromatic carbocycles. The van der Waals surface area contributed by atoms with Crippen molar-refractivity contribution in [2.75, 3.05) is 20.2 Å².